The van der Waals surface area contributed by atoms with E-state index >= 15 is 0 Å². The Bertz CT molecular complexity index is 374. The maximum atomic E-state index is 2.47. The van der Waals surface area contributed by atoms with Gasteiger partial charge in [-0.05, 0) is 12.2 Å². The lowest BCUT2D eigenvalue weighted by Gasteiger charge is -2.32. The Morgan fingerprint density at radius 2 is 1.36 bits per heavy atom. The molecule has 0 radical (unpaired) electrons. The summed E-state index contributed by atoms with van der Waals surface area (Å²) in [6.45, 7) is 0. The average Bonchev–Trinajstić information content (AvgIpc) is 2.74. The fourth-order valence-corrected chi connectivity index (χ4v) is 2.99. The highest BCUT2D eigenvalue weighted by atomic mass is 15.7. The van der Waals surface area contributed by atoms with Gasteiger partial charge in [-0.15, -0.1) is 0 Å². The number of hydrogen-bond donors (Lipinski definition) is 0. The lowest BCUT2D eigenvalue weighted by Crippen LogP contribution is -2.37. The molecule has 4 rings (SSSR count). The summed E-state index contributed by atoms with van der Waals surface area (Å²) in [6.07, 6.45) is 15.9. The largest absolute Gasteiger partial charge is 0.282 e. The molecule has 4 aliphatic rings. The van der Waals surface area contributed by atoms with Crippen molar-refractivity contribution in [2.45, 2.75) is 24.9 Å². The second-order valence-corrected chi connectivity index (χ2v) is 4.32. The highest BCUT2D eigenvalue weighted by molar-refractivity contribution is 5.36. The van der Waals surface area contributed by atoms with E-state index < -0.39 is 0 Å². The van der Waals surface area contributed by atoms with Crippen molar-refractivity contribution >= 4 is 0 Å². The molecule has 0 saturated carbocycles. The number of hydrazine groups is 1. The van der Waals surface area contributed by atoms with E-state index in [1.807, 2.05) is 0 Å². The second-order valence-electron chi connectivity index (χ2n) is 4.32. The molecule has 4 heterocycles. The van der Waals surface area contributed by atoms with Gasteiger partial charge in [0.2, 0.25) is 0 Å². The van der Waals surface area contributed by atoms with Crippen LogP contribution in [0.15, 0.2) is 47.9 Å². The number of nitrogens with zero attached hydrogens (tertiary/aromatic N) is 2. The number of allylic oxidation sites excluding steroid dienone is 4. The van der Waals surface area contributed by atoms with E-state index in [9.17, 15) is 0 Å². The molecule has 2 saturated heterocycles. The van der Waals surface area contributed by atoms with Gasteiger partial charge in [-0.1, -0.05) is 24.3 Å². The zero-order chi connectivity index (χ0) is 9.12. The van der Waals surface area contributed by atoms with Gasteiger partial charge in [-0.3, -0.25) is 10.0 Å². The molecule has 0 aromatic heterocycles. The minimum Gasteiger partial charge on any atom is -0.282 e. The molecule has 2 fully saturated rings. The zero-order valence-corrected chi connectivity index (χ0v) is 7.93. The van der Waals surface area contributed by atoms with Crippen LogP contribution in [0.3, 0.4) is 0 Å². The number of rotatable bonds is 0. The lowest BCUT2D eigenvalue weighted by molar-refractivity contribution is 0.0922. The van der Waals surface area contributed by atoms with Crippen LogP contribution in [-0.2, 0) is 0 Å². The Morgan fingerprint density at radius 3 is 1.86 bits per heavy atom. The van der Waals surface area contributed by atoms with Gasteiger partial charge < -0.3 is 0 Å². The fraction of sp³-hybridized carbons (Fsp3) is 0.333. The maximum Gasteiger partial charge on any atom is 0.0741 e. The van der Waals surface area contributed by atoms with Gasteiger partial charge in [0, 0.05) is 24.2 Å². The van der Waals surface area contributed by atoms with Crippen molar-refractivity contribution in [3.05, 3.63) is 47.9 Å². The summed E-state index contributed by atoms with van der Waals surface area (Å²) in [4.78, 5) is 0. The average molecular weight is 184 g/mol. The first-order valence-electron chi connectivity index (χ1n) is 5.26. The molecule has 0 aliphatic carbocycles. The monoisotopic (exact) mass is 184 g/mol. The molecule has 0 unspecified atom stereocenters. The normalized spacial score (nSPS) is 36.0. The summed E-state index contributed by atoms with van der Waals surface area (Å²) >= 11 is 0. The van der Waals surface area contributed by atoms with Crippen molar-refractivity contribution in [1.82, 2.24) is 10.0 Å². The molecule has 0 bridgehead atoms. The van der Waals surface area contributed by atoms with Gasteiger partial charge >= 0.3 is 0 Å². The summed E-state index contributed by atoms with van der Waals surface area (Å²) in [7, 11) is 0. The predicted octanol–water partition coefficient (Wildman–Crippen LogP) is 1.96. The van der Waals surface area contributed by atoms with Crippen LogP contribution in [0.4, 0.5) is 0 Å². The highest BCUT2D eigenvalue weighted by Gasteiger charge is 2.45. The lowest BCUT2D eigenvalue weighted by atomic mass is 10.0. The fourth-order valence-electron chi connectivity index (χ4n) is 2.99. The van der Waals surface area contributed by atoms with Crippen LogP contribution < -0.4 is 0 Å². The van der Waals surface area contributed by atoms with E-state index in [1.165, 1.54) is 24.2 Å². The minimum atomic E-state index is 0.589. The summed E-state index contributed by atoms with van der Waals surface area (Å²) in [5.41, 5.74) is 2.97. The van der Waals surface area contributed by atoms with Crippen molar-refractivity contribution in [3.63, 3.8) is 0 Å². The first kappa shape index (κ1) is 6.93. The van der Waals surface area contributed by atoms with Crippen LogP contribution in [0.5, 0.6) is 0 Å². The van der Waals surface area contributed by atoms with E-state index in [2.05, 4.69) is 46.5 Å². The van der Waals surface area contributed by atoms with Gasteiger partial charge in [0.15, 0.2) is 0 Å². The van der Waals surface area contributed by atoms with Crippen LogP contribution in [-0.4, -0.2) is 22.1 Å². The van der Waals surface area contributed by atoms with Crippen LogP contribution in [0, 0.1) is 0 Å². The molecule has 2 nitrogen and oxygen atoms in total. The summed E-state index contributed by atoms with van der Waals surface area (Å²) in [5.74, 6) is 0. The molecule has 0 spiro atoms. The van der Waals surface area contributed by atoms with Crippen molar-refractivity contribution in [2.75, 3.05) is 0 Å². The molecule has 14 heavy (non-hydrogen) atoms. The highest BCUT2D eigenvalue weighted by Crippen LogP contribution is 2.45. The molecular weight excluding hydrogens is 172 g/mol. The Hall–Kier alpha value is -1.44. The van der Waals surface area contributed by atoms with Crippen LogP contribution in [0.25, 0.3) is 0 Å². The molecule has 70 valence electrons. The first-order chi connectivity index (χ1) is 6.93. The van der Waals surface area contributed by atoms with Crippen molar-refractivity contribution in [2.24, 2.45) is 0 Å². The third-order valence-corrected chi connectivity index (χ3v) is 3.53. The second kappa shape index (κ2) is 2.14. The first-order valence-corrected chi connectivity index (χ1v) is 5.26. The Balaban J connectivity index is 1.92. The zero-order valence-electron chi connectivity index (χ0n) is 7.93. The van der Waals surface area contributed by atoms with Gasteiger partial charge in [0.25, 0.3) is 0 Å². The smallest absolute Gasteiger partial charge is 0.0741 e. The molecular formula is C12H12N2. The van der Waals surface area contributed by atoms with E-state index in [1.54, 1.807) is 0 Å². The molecule has 0 aromatic rings. The van der Waals surface area contributed by atoms with E-state index in [0.717, 1.165) is 0 Å². The van der Waals surface area contributed by atoms with Crippen molar-refractivity contribution in [1.29, 1.82) is 0 Å². The Labute approximate surface area is 83.5 Å². The third kappa shape index (κ3) is 0.649. The molecule has 2 heteroatoms. The SMILES string of the molecule is C1=C[C@@H]2CC3=CC=C[C@@H]4CC(=C1)N2N34. The Kier molecular flexibility index (Phi) is 1.06. The van der Waals surface area contributed by atoms with Gasteiger partial charge in [0.05, 0.1) is 12.1 Å². The number of hydrogen-bond acceptors (Lipinski definition) is 2. The van der Waals surface area contributed by atoms with Crippen LogP contribution in [0.1, 0.15) is 12.8 Å². The summed E-state index contributed by atoms with van der Waals surface area (Å²) in [6, 6.07) is 1.18. The molecule has 0 N–H and O–H groups in total. The molecule has 4 aliphatic heterocycles. The molecule has 2 atom stereocenters. The summed E-state index contributed by atoms with van der Waals surface area (Å²) in [5, 5.41) is 4.94. The molecule has 0 amide bonds. The standard InChI is InChI=1S/C12H12N2/c1-3-9-7-11-5-2-6-12-8-10(4-1)13(9)14(11)12/h1-6,9,12H,7-8H2/t9-,12-/m1/s1. The van der Waals surface area contributed by atoms with E-state index in [-0.39, 0.29) is 0 Å². The van der Waals surface area contributed by atoms with Gasteiger partial charge in [0.1, 0.15) is 0 Å². The Morgan fingerprint density at radius 1 is 0.857 bits per heavy atom. The van der Waals surface area contributed by atoms with Gasteiger partial charge in [-0.2, -0.15) is 0 Å². The molecule has 0 aromatic carbocycles. The quantitative estimate of drug-likeness (QED) is 0.568. The predicted molar refractivity (Wildman–Crippen MR) is 54.9 cm³/mol. The topological polar surface area (TPSA) is 6.48 Å². The summed E-state index contributed by atoms with van der Waals surface area (Å²) < 4.78 is 0. The van der Waals surface area contributed by atoms with Crippen LogP contribution in [0.2, 0.25) is 0 Å². The van der Waals surface area contributed by atoms with Gasteiger partial charge in [-0.25, -0.2) is 0 Å². The third-order valence-electron chi connectivity index (χ3n) is 3.53. The van der Waals surface area contributed by atoms with Crippen molar-refractivity contribution < 1.29 is 0 Å². The van der Waals surface area contributed by atoms with E-state index in [0.29, 0.717) is 12.1 Å². The van der Waals surface area contributed by atoms with Crippen molar-refractivity contribution in [3.8, 4) is 0 Å². The maximum absolute atomic E-state index is 2.47. The minimum absolute atomic E-state index is 0.589. The van der Waals surface area contributed by atoms with E-state index in [4.69, 9.17) is 0 Å². The van der Waals surface area contributed by atoms with Crippen LogP contribution >= 0.6 is 0 Å².